The number of hydrogen-bond donors (Lipinski definition) is 1. The fraction of sp³-hybridized carbons (Fsp3) is 0.471. The number of piperidine rings is 1. The minimum Gasteiger partial charge on any atom is -0.334 e. The number of carbonyl (C=O) groups excluding carboxylic acids is 1. The zero-order valence-electron chi connectivity index (χ0n) is 14.2. The van der Waals surface area contributed by atoms with Crippen LogP contribution in [0.25, 0.3) is 0 Å². The molecule has 1 aromatic carbocycles. The summed E-state index contributed by atoms with van der Waals surface area (Å²) in [6, 6.07) is 7.40. The van der Waals surface area contributed by atoms with Crippen molar-refractivity contribution in [3.05, 3.63) is 47.4 Å². The van der Waals surface area contributed by atoms with Crippen LogP contribution in [0.15, 0.2) is 41.8 Å². The minimum atomic E-state index is -4.30. The SMILES string of the molecule is CS(=O)(=O)/C=C/CNC(=O)N1CC[C@@H](C(F)(F)F)C[C@H]1c1ccccc1. The molecule has 0 saturated carbocycles. The van der Waals surface area contributed by atoms with Crippen molar-refractivity contribution in [1.82, 2.24) is 10.2 Å². The van der Waals surface area contributed by atoms with E-state index in [0.29, 0.717) is 5.56 Å². The zero-order valence-corrected chi connectivity index (χ0v) is 15.1. The Kier molecular flexibility index (Phi) is 6.33. The van der Waals surface area contributed by atoms with Crippen molar-refractivity contribution in [2.45, 2.75) is 25.1 Å². The highest BCUT2D eigenvalue weighted by Gasteiger charge is 2.45. The Morgan fingerprint density at radius 1 is 1.31 bits per heavy atom. The molecule has 26 heavy (non-hydrogen) atoms. The predicted molar refractivity (Wildman–Crippen MR) is 92.1 cm³/mol. The van der Waals surface area contributed by atoms with E-state index in [9.17, 15) is 26.4 Å². The van der Waals surface area contributed by atoms with Crippen molar-refractivity contribution in [3.63, 3.8) is 0 Å². The Labute approximate surface area is 150 Å². The first-order chi connectivity index (χ1) is 12.1. The summed E-state index contributed by atoms with van der Waals surface area (Å²) in [7, 11) is -3.29. The first-order valence-corrected chi connectivity index (χ1v) is 10.1. The normalized spacial score (nSPS) is 21.8. The van der Waals surface area contributed by atoms with Crippen molar-refractivity contribution in [1.29, 1.82) is 0 Å². The maximum atomic E-state index is 13.1. The lowest BCUT2D eigenvalue weighted by Gasteiger charge is -2.40. The molecule has 1 aliphatic rings. The van der Waals surface area contributed by atoms with E-state index in [2.05, 4.69) is 5.32 Å². The van der Waals surface area contributed by atoms with E-state index >= 15 is 0 Å². The van der Waals surface area contributed by atoms with E-state index in [0.717, 1.165) is 11.7 Å². The molecule has 9 heteroatoms. The summed E-state index contributed by atoms with van der Waals surface area (Å²) >= 11 is 0. The van der Waals surface area contributed by atoms with Gasteiger partial charge < -0.3 is 10.2 Å². The van der Waals surface area contributed by atoms with Crippen molar-refractivity contribution >= 4 is 15.9 Å². The monoisotopic (exact) mass is 390 g/mol. The molecule has 2 rings (SSSR count). The van der Waals surface area contributed by atoms with Crippen LogP contribution >= 0.6 is 0 Å². The number of rotatable bonds is 4. The standard InChI is InChI=1S/C17H21F3N2O3S/c1-26(24,25)11-5-9-21-16(23)22-10-8-14(17(18,19)20)12-15(22)13-6-3-2-4-7-13/h2-7,11,14-15H,8-10,12H2,1H3,(H,21,23)/b11-5+/t14-,15+/m1/s1. The molecule has 0 aromatic heterocycles. The fourth-order valence-corrected chi connectivity index (χ4v) is 3.41. The molecule has 2 amide bonds. The molecule has 0 bridgehead atoms. The Morgan fingerprint density at radius 2 is 1.96 bits per heavy atom. The summed E-state index contributed by atoms with van der Waals surface area (Å²) in [5.41, 5.74) is 0.642. The number of nitrogens with zero attached hydrogens (tertiary/aromatic N) is 1. The molecule has 2 atom stereocenters. The quantitative estimate of drug-likeness (QED) is 0.858. The summed E-state index contributed by atoms with van der Waals surface area (Å²) in [4.78, 5) is 13.8. The Morgan fingerprint density at radius 3 is 2.54 bits per heavy atom. The number of hydrogen-bond acceptors (Lipinski definition) is 3. The largest absolute Gasteiger partial charge is 0.391 e. The van der Waals surface area contributed by atoms with Crippen LogP contribution in [0, 0.1) is 5.92 Å². The number of nitrogens with one attached hydrogen (secondary N) is 1. The Balaban J connectivity index is 2.12. The Bertz CT molecular complexity index is 748. The van der Waals surface area contributed by atoms with E-state index < -0.39 is 34.0 Å². The number of likely N-dealkylation sites (tertiary alicyclic amines) is 1. The average Bonchev–Trinajstić information content (AvgIpc) is 2.57. The third-order valence-corrected chi connectivity index (χ3v) is 4.91. The van der Waals surface area contributed by atoms with Crippen molar-refractivity contribution in [2.75, 3.05) is 19.3 Å². The lowest BCUT2D eigenvalue weighted by atomic mass is 9.87. The second-order valence-corrected chi connectivity index (χ2v) is 8.20. The van der Waals surface area contributed by atoms with Gasteiger partial charge in [0.2, 0.25) is 0 Å². The molecule has 144 valence electrons. The molecule has 0 spiro atoms. The van der Waals surface area contributed by atoms with Gasteiger partial charge in [0.25, 0.3) is 0 Å². The van der Waals surface area contributed by atoms with Crippen LogP contribution in [0.4, 0.5) is 18.0 Å². The van der Waals surface area contributed by atoms with Gasteiger partial charge in [0.1, 0.15) is 0 Å². The van der Waals surface area contributed by atoms with E-state index in [4.69, 9.17) is 0 Å². The van der Waals surface area contributed by atoms with Gasteiger partial charge in [-0.25, -0.2) is 13.2 Å². The van der Waals surface area contributed by atoms with Crippen LogP contribution in [0.2, 0.25) is 0 Å². The molecule has 1 aromatic rings. The van der Waals surface area contributed by atoms with Gasteiger partial charge in [-0.05, 0) is 18.4 Å². The summed E-state index contributed by atoms with van der Waals surface area (Å²) in [5, 5.41) is 3.50. The van der Waals surface area contributed by atoms with E-state index in [1.807, 2.05) is 0 Å². The van der Waals surface area contributed by atoms with Gasteiger partial charge in [0, 0.05) is 24.8 Å². The lowest BCUT2D eigenvalue weighted by Crippen LogP contribution is -2.48. The first-order valence-electron chi connectivity index (χ1n) is 8.10. The van der Waals surface area contributed by atoms with Crippen LogP contribution in [0.1, 0.15) is 24.4 Å². The second kappa shape index (κ2) is 8.11. The number of sulfone groups is 1. The number of halogens is 3. The molecular formula is C17H21F3N2O3S. The van der Waals surface area contributed by atoms with Crippen LogP contribution in [0.5, 0.6) is 0 Å². The number of carbonyl (C=O) groups is 1. The maximum absolute atomic E-state index is 13.1. The van der Waals surface area contributed by atoms with Gasteiger partial charge in [-0.1, -0.05) is 36.4 Å². The molecule has 5 nitrogen and oxygen atoms in total. The molecule has 1 heterocycles. The van der Waals surface area contributed by atoms with Gasteiger partial charge in [0.15, 0.2) is 9.84 Å². The number of amides is 2. The number of alkyl halides is 3. The van der Waals surface area contributed by atoms with Crippen LogP contribution in [-0.2, 0) is 9.84 Å². The van der Waals surface area contributed by atoms with Crippen molar-refractivity contribution in [2.24, 2.45) is 5.92 Å². The fourth-order valence-electron chi connectivity index (χ4n) is 2.97. The molecular weight excluding hydrogens is 369 g/mol. The first kappa shape index (κ1) is 20.3. The second-order valence-electron chi connectivity index (χ2n) is 6.27. The lowest BCUT2D eigenvalue weighted by molar-refractivity contribution is -0.188. The predicted octanol–water partition coefficient (Wildman–Crippen LogP) is 3.27. The highest BCUT2D eigenvalue weighted by Crippen LogP contribution is 2.41. The van der Waals surface area contributed by atoms with Crippen LogP contribution < -0.4 is 5.32 Å². The van der Waals surface area contributed by atoms with Crippen LogP contribution in [-0.4, -0.2) is 44.9 Å². The van der Waals surface area contributed by atoms with Crippen molar-refractivity contribution in [3.8, 4) is 0 Å². The third kappa shape index (κ3) is 5.76. The third-order valence-electron chi connectivity index (χ3n) is 4.23. The molecule has 0 unspecified atom stereocenters. The van der Waals surface area contributed by atoms with E-state index in [-0.39, 0.29) is 25.9 Å². The van der Waals surface area contributed by atoms with Gasteiger partial charge >= 0.3 is 12.2 Å². The van der Waals surface area contributed by atoms with Gasteiger partial charge in [-0.15, -0.1) is 0 Å². The van der Waals surface area contributed by atoms with Gasteiger partial charge in [-0.3, -0.25) is 0 Å². The molecule has 0 aliphatic carbocycles. The van der Waals surface area contributed by atoms with E-state index in [1.165, 1.54) is 11.0 Å². The molecule has 1 N–H and O–H groups in total. The topological polar surface area (TPSA) is 66.5 Å². The van der Waals surface area contributed by atoms with E-state index in [1.54, 1.807) is 30.3 Å². The summed E-state index contributed by atoms with van der Waals surface area (Å²) in [6.45, 7) is -0.0437. The number of urea groups is 1. The van der Waals surface area contributed by atoms with Gasteiger partial charge in [0.05, 0.1) is 12.0 Å². The zero-order chi connectivity index (χ0) is 19.4. The highest BCUT2D eigenvalue weighted by atomic mass is 32.2. The molecule has 1 saturated heterocycles. The highest BCUT2D eigenvalue weighted by molar-refractivity contribution is 7.93. The smallest absolute Gasteiger partial charge is 0.334 e. The number of benzene rings is 1. The minimum absolute atomic E-state index is 0.0212. The van der Waals surface area contributed by atoms with Crippen molar-refractivity contribution < 1.29 is 26.4 Å². The maximum Gasteiger partial charge on any atom is 0.391 e. The molecule has 1 fully saturated rings. The Hall–Kier alpha value is -2.03. The average molecular weight is 390 g/mol. The van der Waals surface area contributed by atoms with Gasteiger partial charge in [-0.2, -0.15) is 13.2 Å². The summed E-state index contributed by atoms with van der Waals surface area (Å²) in [6.07, 6.45) is -2.33. The molecule has 1 aliphatic heterocycles. The summed E-state index contributed by atoms with van der Waals surface area (Å²) < 4.78 is 61.5. The summed E-state index contributed by atoms with van der Waals surface area (Å²) in [5.74, 6) is -1.46. The molecule has 0 radical (unpaired) electrons. The van der Waals surface area contributed by atoms with Crippen LogP contribution in [0.3, 0.4) is 0 Å².